The van der Waals surface area contributed by atoms with Crippen LogP contribution in [0.1, 0.15) is 58.8 Å². The summed E-state index contributed by atoms with van der Waals surface area (Å²) in [6.45, 7) is 4.63. The molecule has 1 fully saturated rings. The Bertz CT molecular complexity index is 319. The molecule has 0 amide bonds. The lowest BCUT2D eigenvalue weighted by molar-refractivity contribution is -0.174. The van der Waals surface area contributed by atoms with E-state index < -0.39 is 14.1 Å². The molecule has 0 aliphatic carbocycles. The van der Waals surface area contributed by atoms with Crippen LogP contribution in [-0.4, -0.2) is 25.5 Å². The second-order valence-corrected chi connectivity index (χ2v) is 6.36. The Balaban J connectivity index is 2.50. The lowest BCUT2D eigenvalue weighted by Gasteiger charge is -2.26. The van der Waals surface area contributed by atoms with Gasteiger partial charge in [-0.1, -0.05) is 26.7 Å². The molecular weight excluding hydrogens is 283 g/mol. The van der Waals surface area contributed by atoms with Gasteiger partial charge in [0.25, 0.3) is 0 Å². The minimum Gasteiger partial charge on any atom is -0.435 e. The number of rotatable bonds is 10. The average molecular weight is 308 g/mol. The number of esters is 1. The molecule has 6 nitrogen and oxygen atoms in total. The van der Waals surface area contributed by atoms with Crippen molar-refractivity contribution in [2.45, 2.75) is 65.1 Å². The van der Waals surface area contributed by atoms with Crippen molar-refractivity contribution < 1.29 is 27.7 Å². The molecule has 0 aromatic carbocycles. The molecule has 118 valence electrons. The van der Waals surface area contributed by atoms with E-state index >= 15 is 0 Å². The zero-order chi connectivity index (χ0) is 14.8. The fraction of sp³-hybridized carbons (Fsp3) is 0.923. The highest BCUT2D eigenvalue weighted by Gasteiger charge is 2.34. The Kier molecular flexibility index (Phi) is 8.38. The van der Waals surface area contributed by atoms with Gasteiger partial charge in [-0.15, -0.1) is 0 Å². The van der Waals surface area contributed by atoms with Crippen molar-refractivity contribution >= 4 is 13.8 Å². The Morgan fingerprint density at radius 2 is 1.80 bits per heavy atom. The SMILES string of the molecule is CCCCOP(=O)(OCCCC)OC1CCCC(=O)O1. The Labute approximate surface area is 120 Å². The van der Waals surface area contributed by atoms with E-state index in [0.717, 1.165) is 25.7 Å². The van der Waals surface area contributed by atoms with E-state index in [1.807, 2.05) is 13.8 Å². The minimum atomic E-state index is -3.65. The lowest BCUT2D eigenvalue weighted by atomic mass is 10.2. The number of unbranched alkanes of at least 4 members (excludes halogenated alkanes) is 2. The molecular formula is C13H25O6P. The molecule has 0 aromatic rings. The summed E-state index contributed by atoms with van der Waals surface area (Å²) < 4.78 is 33.3. The second-order valence-electron chi connectivity index (χ2n) is 4.74. The van der Waals surface area contributed by atoms with Gasteiger partial charge in [0.05, 0.1) is 13.2 Å². The largest absolute Gasteiger partial charge is 0.477 e. The molecule has 0 aromatic heterocycles. The fourth-order valence-electron chi connectivity index (χ4n) is 1.64. The number of hydrogen-bond donors (Lipinski definition) is 0. The van der Waals surface area contributed by atoms with Gasteiger partial charge in [-0.25, -0.2) is 9.09 Å². The van der Waals surface area contributed by atoms with Crippen LogP contribution in [-0.2, 0) is 27.7 Å². The summed E-state index contributed by atoms with van der Waals surface area (Å²) in [6, 6.07) is 0. The van der Waals surface area contributed by atoms with Crippen LogP contribution in [0.15, 0.2) is 0 Å². The van der Waals surface area contributed by atoms with Crippen LogP contribution in [0.25, 0.3) is 0 Å². The molecule has 1 aliphatic rings. The van der Waals surface area contributed by atoms with E-state index in [9.17, 15) is 9.36 Å². The van der Waals surface area contributed by atoms with Gasteiger partial charge >= 0.3 is 13.8 Å². The van der Waals surface area contributed by atoms with Gasteiger partial charge in [0.1, 0.15) is 0 Å². The molecule has 0 spiro atoms. The monoisotopic (exact) mass is 308 g/mol. The maximum atomic E-state index is 12.5. The summed E-state index contributed by atoms with van der Waals surface area (Å²) in [5.41, 5.74) is 0. The number of phosphoric ester groups is 1. The van der Waals surface area contributed by atoms with Crippen LogP contribution in [0, 0.1) is 0 Å². The number of cyclic esters (lactones) is 1. The van der Waals surface area contributed by atoms with Crippen molar-refractivity contribution in [2.24, 2.45) is 0 Å². The van der Waals surface area contributed by atoms with Gasteiger partial charge < -0.3 is 4.74 Å². The molecule has 0 N–H and O–H groups in total. The summed E-state index contributed by atoms with van der Waals surface area (Å²) in [4.78, 5) is 11.2. The van der Waals surface area contributed by atoms with E-state index in [1.165, 1.54) is 0 Å². The number of carbonyl (C=O) groups excluding carboxylic acids is 1. The van der Waals surface area contributed by atoms with Crippen molar-refractivity contribution in [3.8, 4) is 0 Å². The predicted molar refractivity (Wildman–Crippen MR) is 74.1 cm³/mol. The smallest absolute Gasteiger partial charge is 0.435 e. The number of phosphoric acid groups is 1. The van der Waals surface area contributed by atoms with Gasteiger partial charge in [0, 0.05) is 12.8 Å². The molecule has 1 unspecified atom stereocenters. The van der Waals surface area contributed by atoms with Gasteiger partial charge in [0.2, 0.25) is 6.29 Å². The molecule has 1 atom stereocenters. The molecule has 1 rings (SSSR count). The first kappa shape index (κ1) is 17.6. The van der Waals surface area contributed by atoms with Gasteiger partial charge in [-0.2, -0.15) is 0 Å². The van der Waals surface area contributed by atoms with Gasteiger partial charge in [-0.05, 0) is 19.3 Å². The standard InChI is InChI=1S/C13H25O6P/c1-3-5-10-16-20(15,17-11-6-4-2)19-13-9-7-8-12(14)18-13/h13H,3-11H2,1-2H3. The molecule has 7 heteroatoms. The highest BCUT2D eigenvalue weighted by molar-refractivity contribution is 7.48. The summed E-state index contributed by atoms with van der Waals surface area (Å²) in [5, 5.41) is 0. The topological polar surface area (TPSA) is 71.1 Å². The zero-order valence-corrected chi connectivity index (χ0v) is 13.2. The third-order valence-electron chi connectivity index (χ3n) is 2.82. The van der Waals surface area contributed by atoms with Gasteiger partial charge in [0.15, 0.2) is 0 Å². The Morgan fingerprint density at radius 3 is 2.30 bits per heavy atom. The quantitative estimate of drug-likeness (QED) is 0.347. The van der Waals surface area contributed by atoms with Crippen molar-refractivity contribution in [2.75, 3.05) is 13.2 Å². The van der Waals surface area contributed by atoms with Crippen LogP contribution in [0.4, 0.5) is 0 Å². The van der Waals surface area contributed by atoms with E-state index in [1.54, 1.807) is 0 Å². The summed E-state index contributed by atoms with van der Waals surface area (Å²) >= 11 is 0. The highest BCUT2D eigenvalue weighted by Crippen LogP contribution is 2.51. The third-order valence-corrected chi connectivity index (χ3v) is 4.32. The maximum absolute atomic E-state index is 12.5. The van der Waals surface area contributed by atoms with Gasteiger partial charge in [-0.3, -0.25) is 13.8 Å². The molecule has 0 radical (unpaired) electrons. The van der Waals surface area contributed by atoms with Crippen LogP contribution >= 0.6 is 7.82 Å². The fourth-order valence-corrected chi connectivity index (χ4v) is 2.97. The van der Waals surface area contributed by atoms with Crippen LogP contribution in [0.2, 0.25) is 0 Å². The predicted octanol–water partition coefficient (Wildman–Crippen LogP) is 3.80. The molecule has 20 heavy (non-hydrogen) atoms. The highest BCUT2D eigenvalue weighted by atomic mass is 31.2. The zero-order valence-electron chi connectivity index (χ0n) is 12.3. The minimum absolute atomic E-state index is 0.306. The summed E-state index contributed by atoms with van der Waals surface area (Å²) in [5.74, 6) is -0.338. The summed E-state index contributed by atoms with van der Waals surface area (Å²) in [7, 11) is -3.65. The van der Waals surface area contributed by atoms with Crippen molar-refractivity contribution in [3.63, 3.8) is 0 Å². The molecule has 1 aliphatic heterocycles. The normalized spacial score (nSPS) is 19.9. The number of carbonyl (C=O) groups is 1. The van der Waals surface area contributed by atoms with Crippen LogP contribution < -0.4 is 0 Å². The summed E-state index contributed by atoms with van der Waals surface area (Å²) in [6.07, 6.45) is 4.12. The first-order valence-electron chi connectivity index (χ1n) is 7.36. The van der Waals surface area contributed by atoms with Crippen molar-refractivity contribution in [3.05, 3.63) is 0 Å². The lowest BCUT2D eigenvalue weighted by Crippen LogP contribution is -2.26. The maximum Gasteiger partial charge on any atom is 0.477 e. The van der Waals surface area contributed by atoms with Crippen molar-refractivity contribution in [1.82, 2.24) is 0 Å². The van der Waals surface area contributed by atoms with E-state index in [4.69, 9.17) is 18.3 Å². The molecule has 0 bridgehead atoms. The molecule has 0 saturated carbocycles. The van der Waals surface area contributed by atoms with Crippen LogP contribution in [0.5, 0.6) is 0 Å². The van der Waals surface area contributed by atoms with E-state index in [-0.39, 0.29) is 5.97 Å². The molecule has 1 saturated heterocycles. The number of hydrogen-bond acceptors (Lipinski definition) is 6. The second kappa shape index (κ2) is 9.50. The molecule has 1 heterocycles. The first-order chi connectivity index (χ1) is 9.59. The Morgan fingerprint density at radius 1 is 1.20 bits per heavy atom. The van der Waals surface area contributed by atoms with E-state index in [2.05, 4.69) is 0 Å². The van der Waals surface area contributed by atoms with E-state index in [0.29, 0.717) is 32.5 Å². The third kappa shape index (κ3) is 6.84. The van der Waals surface area contributed by atoms with Crippen LogP contribution in [0.3, 0.4) is 0 Å². The number of ether oxygens (including phenoxy) is 1. The van der Waals surface area contributed by atoms with Crippen molar-refractivity contribution in [1.29, 1.82) is 0 Å². The average Bonchev–Trinajstić information content (AvgIpc) is 2.39. The Hall–Kier alpha value is -0.420. The first-order valence-corrected chi connectivity index (χ1v) is 8.82.